The molecule has 0 unspecified atom stereocenters. The van der Waals surface area contributed by atoms with Crippen molar-refractivity contribution in [2.45, 2.75) is 0 Å². The van der Waals surface area contributed by atoms with Crippen LogP contribution >= 0.6 is 12.2 Å². The predicted octanol–water partition coefficient (Wildman–Crippen LogP) is -3.22. The van der Waals surface area contributed by atoms with Crippen molar-refractivity contribution in [2.75, 3.05) is 0 Å². The van der Waals surface area contributed by atoms with Crippen molar-refractivity contribution < 1.29 is 18.9 Å². The van der Waals surface area contributed by atoms with E-state index in [0.29, 0.717) is 0 Å². The molecular formula is CH2LiNS2. The van der Waals surface area contributed by atoms with E-state index in [1.54, 1.807) is 0 Å². The van der Waals surface area contributed by atoms with Crippen molar-refractivity contribution >= 4 is 29.2 Å². The summed E-state index contributed by atoms with van der Waals surface area (Å²) in [6.45, 7) is 0. The number of nitrogens with two attached hydrogens (primary N) is 1. The summed E-state index contributed by atoms with van der Waals surface area (Å²) in [5, 5.41) is 0. The molecule has 0 aliphatic carbocycles. The fourth-order valence-corrected chi connectivity index (χ4v) is 0. The molecule has 0 aromatic carbocycles. The van der Waals surface area contributed by atoms with Crippen molar-refractivity contribution in [2.24, 2.45) is 5.73 Å². The zero-order valence-corrected chi connectivity index (χ0v) is 4.53. The first-order chi connectivity index (χ1) is 1.73. The van der Waals surface area contributed by atoms with Gasteiger partial charge in [-0.05, 0) is 0 Å². The second-order valence-corrected chi connectivity index (χ2v) is 1.46. The van der Waals surface area contributed by atoms with Crippen molar-refractivity contribution in [1.82, 2.24) is 0 Å². The number of rotatable bonds is 0. The molecule has 0 bridgehead atoms. The number of thiocarbonyl (C=S) groups is 1. The molecule has 0 saturated heterocycles. The molecule has 0 aromatic heterocycles. The van der Waals surface area contributed by atoms with E-state index in [2.05, 4.69) is 30.6 Å². The van der Waals surface area contributed by atoms with Gasteiger partial charge in [-0.1, -0.05) is 4.32 Å². The Morgan fingerprint density at radius 1 is 1.80 bits per heavy atom. The molecule has 2 N–H and O–H groups in total. The second kappa shape index (κ2) is 4.71. The average Bonchev–Trinajstić information content (AvgIpc) is 0.811. The van der Waals surface area contributed by atoms with Gasteiger partial charge in [-0.15, -0.1) is 0 Å². The minimum absolute atomic E-state index is 0. The van der Waals surface area contributed by atoms with E-state index in [9.17, 15) is 0 Å². The van der Waals surface area contributed by atoms with Crippen LogP contribution in [-0.2, 0) is 12.6 Å². The van der Waals surface area contributed by atoms with Crippen LogP contribution < -0.4 is 24.6 Å². The van der Waals surface area contributed by atoms with Crippen LogP contribution in [0.15, 0.2) is 0 Å². The molecule has 0 rings (SSSR count). The van der Waals surface area contributed by atoms with Gasteiger partial charge in [0.05, 0.1) is 0 Å². The first-order valence-electron chi connectivity index (χ1n) is 0.697. The van der Waals surface area contributed by atoms with Gasteiger partial charge in [-0.3, -0.25) is 0 Å². The van der Waals surface area contributed by atoms with E-state index in [1.807, 2.05) is 0 Å². The van der Waals surface area contributed by atoms with E-state index in [-0.39, 0.29) is 23.2 Å². The maximum absolute atomic E-state index is 4.66. The third-order valence-electron chi connectivity index (χ3n) is 0. The van der Waals surface area contributed by atoms with Crippen LogP contribution in [0.1, 0.15) is 0 Å². The van der Waals surface area contributed by atoms with Gasteiger partial charge >= 0.3 is 18.9 Å². The van der Waals surface area contributed by atoms with Gasteiger partial charge < -0.3 is 30.6 Å². The summed E-state index contributed by atoms with van der Waals surface area (Å²) >= 11 is 8.26. The Labute approximate surface area is 53.9 Å². The maximum atomic E-state index is 4.66. The quantitative estimate of drug-likeness (QED) is 0.196. The van der Waals surface area contributed by atoms with E-state index in [1.165, 1.54) is 0 Å². The minimum atomic E-state index is 0. The molecule has 0 aliphatic rings. The topological polar surface area (TPSA) is 26.0 Å². The van der Waals surface area contributed by atoms with Gasteiger partial charge in [0, 0.05) is 0 Å². The van der Waals surface area contributed by atoms with E-state index >= 15 is 0 Å². The number of hydrogen-bond acceptors (Lipinski definition) is 2. The summed E-state index contributed by atoms with van der Waals surface area (Å²) in [5.41, 5.74) is 4.66. The molecule has 24 valence electrons. The Morgan fingerprint density at radius 2 is 1.80 bits per heavy atom. The molecule has 0 saturated carbocycles. The Bertz CT molecular complexity index is 32.6. The third-order valence-corrected chi connectivity index (χ3v) is 0. The smallest absolute Gasteiger partial charge is 0.415 e. The van der Waals surface area contributed by atoms with Crippen molar-refractivity contribution in [1.29, 1.82) is 0 Å². The summed E-state index contributed by atoms with van der Waals surface area (Å²) < 4.78 is 0.0833. The fourth-order valence-electron chi connectivity index (χ4n) is 0. The standard InChI is InChI=1S/CH3NS2.Li/c2-1(3)4;/h(H3,2,3,4);/q;+1/p-1. The molecule has 0 radical (unpaired) electrons. The van der Waals surface area contributed by atoms with Gasteiger partial charge in [0.25, 0.3) is 0 Å². The summed E-state index contributed by atoms with van der Waals surface area (Å²) in [5.74, 6) is 0. The Balaban J connectivity index is 0. The minimum Gasteiger partial charge on any atom is -0.415 e. The van der Waals surface area contributed by atoms with Crippen LogP contribution in [0.4, 0.5) is 0 Å². The molecule has 4 heteroatoms. The SMILES string of the molecule is NC(=S)[S-].[Li+]. The number of hydrogen-bond donors (Lipinski definition) is 1. The van der Waals surface area contributed by atoms with Gasteiger partial charge in [-0.25, -0.2) is 0 Å². The van der Waals surface area contributed by atoms with E-state index < -0.39 is 0 Å². The summed E-state index contributed by atoms with van der Waals surface area (Å²) in [6.07, 6.45) is 0. The molecule has 1 nitrogen and oxygen atoms in total. The molecule has 0 atom stereocenters. The summed E-state index contributed by atoms with van der Waals surface area (Å²) in [4.78, 5) is 0. The van der Waals surface area contributed by atoms with Crippen LogP contribution in [0.2, 0.25) is 0 Å². The van der Waals surface area contributed by atoms with Gasteiger partial charge in [0.2, 0.25) is 0 Å². The van der Waals surface area contributed by atoms with Crippen LogP contribution in [-0.4, -0.2) is 4.32 Å². The molecule has 0 fully saturated rings. The van der Waals surface area contributed by atoms with Crippen molar-refractivity contribution in [3.63, 3.8) is 0 Å². The molecule has 0 spiro atoms. The van der Waals surface area contributed by atoms with E-state index in [4.69, 9.17) is 0 Å². The monoisotopic (exact) mass is 99.0 g/mol. The maximum Gasteiger partial charge on any atom is 1.00 e. The van der Waals surface area contributed by atoms with Crippen LogP contribution in [0.3, 0.4) is 0 Å². The zero-order chi connectivity index (χ0) is 3.58. The largest absolute Gasteiger partial charge is 1.00 e. The van der Waals surface area contributed by atoms with Gasteiger partial charge in [-0.2, -0.15) is 0 Å². The summed E-state index contributed by atoms with van der Waals surface area (Å²) in [6, 6.07) is 0. The average molecular weight is 99.1 g/mol. The second-order valence-electron chi connectivity index (χ2n) is 0.319. The van der Waals surface area contributed by atoms with Crippen LogP contribution in [0.25, 0.3) is 0 Å². The molecular weight excluding hydrogens is 97.1 g/mol. The molecule has 0 heterocycles. The molecule has 5 heavy (non-hydrogen) atoms. The van der Waals surface area contributed by atoms with E-state index in [0.717, 1.165) is 0 Å². The predicted molar refractivity (Wildman–Crippen MR) is 24.2 cm³/mol. The molecule has 0 aliphatic heterocycles. The first kappa shape index (κ1) is 9.20. The molecule has 0 amide bonds. The third kappa shape index (κ3) is 69.0. The van der Waals surface area contributed by atoms with Crippen molar-refractivity contribution in [3.05, 3.63) is 0 Å². The Kier molecular flexibility index (Phi) is 8.66. The van der Waals surface area contributed by atoms with Crippen LogP contribution in [0, 0.1) is 0 Å². The summed E-state index contributed by atoms with van der Waals surface area (Å²) in [7, 11) is 0. The van der Waals surface area contributed by atoms with Gasteiger partial charge in [0.1, 0.15) is 0 Å². The fraction of sp³-hybridized carbons (Fsp3) is 0. The first-order valence-corrected chi connectivity index (χ1v) is 1.51. The van der Waals surface area contributed by atoms with Crippen LogP contribution in [0.5, 0.6) is 0 Å². The Hall–Kier alpha value is 0.707. The zero-order valence-electron chi connectivity index (χ0n) is 2.89. The van der Waals surface area contributed by atoms with Crippen molar-refractivity contribution in [3.8, 4) is 0 Å². The van der Waals surface area contributed by atoms with Gasteiger partial charge in [0.15, 0.2) is 0 Å². The normalized spacial score (nSPS) is 4.80. The Morgan fingerprint density at radius 3 is 1.80 bits per heavy atom. The molecule has 0 aromatic rings.